The third-order valence-electron chi connectivity index (χ3n) is 2.80. The van der Waals surface area contributed by atoms with Crippen molar-refractivity contribution >= 4 is 23.4 Å². The Labute approximate surface area is 126 Å². The number of methoxy groups -OCH3 is 1. The molecule has 1 amide bonds. The van der Waals surface area contributed by atoms with Gasteiger partial charge in [0.2, 0.25) is 11.1 Å². The second-order valence-electron chi connectivity index (χ2n) is 4.44. The molecule has 0 bridgehead atoms. The lowest BCUT2D eigenvalue weighted by atomic mass is 10.2. The fraction of sp³-hybridized carbons (Fsp3) is 0.308. The lowest BCUT2D eigenvalue weighted by Crippen LogP contribution is -2.17. The number of ether oxygens (including phenoxy) is 1. The smallest absolute Gasteiger partial charge is 0.234 e. The van der Waals surface area contributed by atoms with Gasteiger partial charge >= 0.3 is 0 Å². The quantitative estimate of drug-likeness (QED) is 0.639. The van der Waals surface area contributed by atoms with E-state index in [0.29, 0.717) is 22.4 Å². The number of hydrogen-bond donors (Lipinski definition) is 2. The van der Waals surface area contributed by atoms with E-state index in [1.165, 1.54) is 16.4 Å². The number of thioether (sulfide) groups is 1. The van der Waals surface area contributed by atoms with Gasteiger partial charge in [-0.25, -0.2) is 4.68 Å². The lowest BCUT2D eigenvalue weighted by molar-refractivity contribution is -0.113. The topological polar surface area (TPSA) is 95.1 Å². The molecule has 2 aromatic rings. The van der Waals surface area contributed by atoms with Gasteiger partial charge in [-0.05, 0) is 31.5 Å². The number of carbonyl (C=O) groups excluding carboxylic acids is 1. The Morgan fingerprint density at radius 2 is 2.19 bits per heavy atom. The third-order valence-corrected chi connectivity index (χ3v) is 3.74. The number of rotatable bonds is 5. The molecule has 0 saturated carbocycles. The first-order valence-corrected chi connectivity index (χ1v) is 7.24. The van der Waals surface area contributed by atoms with E-state index in [9.17, 15) is 4.79 Å². The molecule has 1 aromatic heterocycles. The van der Waals surface area contributed by atoms with Crippen molar-refractivity contribution in [2.45, 2.75) is 19.0 Å². The van der Waals surface area contributed by atoms with Crippen molar-refractivity contribution in [3.05, 3.63) is 29.6 Å². The number of anilines is 1. The van der Waals surface area contributed by atoms with Crippen molar-refractivity contribution in [2.75, 3.05) is 24.0 Å². The van der Waals surface area contributed by atoms with Gasteiger partial charge in [-0.15, -0.1) is 10.2 Å². The van der Waals surface area contributed by atoms with Gasteiger partial charge in [0.05, 0.1) is 18.6 Å². The number of nitrogens with two attached hydrogens (primary N) is 1. The normalized spacial score (nSPS) is 10.4. The van der Waals surface area contributed by atoms with Crippen molar-refractivity contribution in [3.8, 4) is 5.75 Å². The number of nitrogens with one attached hydrogen (secondary N) is 1. The zero-order valence-corrected chi connectivity index (χ0v) is 12.9. The van der Waals surface area contributed by atoms with Crippen molar-refractivity contribution in [2.24, 2.45) is 0 Å². The van der Waals surface area contributed by atoms with E-state index in [-0.39, 0.29) is 11.7 Å². The highest BCUT2D eigenvalue weighted by molar-refractivity contribution is 7.99. The maximum Gasteiger partial charge on any atom is 0.234 e. The van der Waals surface area contributed by atoms with E-state index in [0.717, 1.165) is 5.56 Å². The highest BCUT2D eigenvalue weighted by atomic mass is 32.2. The van der Waals surface area contributed by atoms with Crippen LogP contribution in [-0.2, 0) is 4.79 Å². The average molecular weight is 307 g/mol. The molecular formula is C13H17N5O2S. The van der Waals surface area contributed by atoms with Crippen molar-refractivity contribution < 1.29 is 9.53 Å². The number of carbonyl (C=O) groups is 1. The molecule has 0 aliphatic rings. The van der Waals surface area contributed by atoms with Gasteiger partial charge in [-0.2, -0.15) is 0 Å². The highest BCUT2D eigenvalue weighted by Crippen LogP contribution is 2.25. The van der Waals surface area contributed by atoms with Crippen LogP contribution in [0.3, 0.4) is 0 Å². The molecule has 0 spiro atoms. The van der Waals surface area contributed by atoms with Crippen LogP contribution in [0.4, 0.5) is 5.69 Å². The fourth-order valence-electron chi connectivity index (χ4n) is 1.68. The SMILES string of the molecule is COc1ccc(C)cc1NC(=O)CSc1nnc(C)n1N. The van der Waals surface area contributed by atoms with Gasteiger partial charge in [-0.3, -0.25) is 4.79 Å². The van der Waals surface area contributed by atoms with Crippen LogP contribution in [0.25, 0.3) is 0 Å². The first-order chi connectivity index (χ1) is 10.0. The number of aryl methyl sites for hydroxylation is 2. The predicted octanol–water partition coefficient (Wildman–Crippen LogP) is 1.35. The first-order valence-electron chi connectivity index (χ1n) is 6.25. The minimum absolute atomic E-state index is 0.162. The van der Waals surface area contributed by atoms with Crippen molar-refractivity contribution in [1.82, 2.24) is 14.9 Å². The second-order valence-corrected chi connectivity index (χ2v) is 5.38. The largest absolute Gasteiger partial charge is 0.495 e. The summed E-state index contributed by atoms with van der Waals surface area (Å²) in [4.78, 5) is 12.0. The van der Waals surface area contributed by atoms with Gasteiger partial charge < -0.3 is 15.9 Å². The number of aromatic nitrogens is 3. The Hall–Kier alpha value is -2.22. The van der Waals surface area contributed by atoms with Gasteiger partial charge in [0.25, 0.3) is 0 Å². The van der Waals surface area contributed by atoms with Crippen LogP contribution in [0.1, 0.15) is 11.4 Å². The van der Waals surface area contributed by atoms with Crippen LogP contribution in [-0.4, -0.2) is 33.6 Å². The van der Waals surface area contributed by atoms with Gasteiger partial charge in [-0.1, -0.05) is 17.8 Å². The number of nitrogens with zero attached hydrogens (tertiary/aromatic N) is 3. The summed E-state index contributed by atoms with van der Waals surface area (Å²) in [6.07, 6.45) is 0. The monoisotopic (exact) mass is 307 g/mol. The Morgan fingerprint density at radius 1 is 1.43 bits per heavy atom. The molecular weight excluding hydrogens is 290 g/mol. The van der Waals surface area contributed by atoms with Crippen LogP contribution < -0.4 is 15.9 Å². The van der Waals surface area contributed by atoms with Crippen LogP contribution >= 0.6 is 11.8 Å². The van der Waals surface area contributed by atoms with Crippen LogP contribution in [0.15, 0.2) is 23.4 Å². The Bertz CT molecular complexity index is 656. The Morgan fingerprint density at radius 3 is 2.81 bits per heavy atom. The highest BCUT2D eigenvalue weighted by Gasteiger charge is 2.11. The van der Waals surface area contributed by atoms with E-state index in [2.05, 4.69) is 15.5 Å². The van der Waals surface area contributed by atoms with Gasteiger partial charge in [0.1, 0.15) is 11.6 Å². The summed E-state index contributed by atoms with van der Waals surface area (Å²) in [6.45, 7) is 3.69. The summed E-state index contributed by atoms with van der Waals surface area (Å²) in [7, 11) is 1.56. The molecule has 0 unspecified atom stereocenters. The molecule has 112 valence electrons. The average Bonchev–Trinajstić information content (AvgIpc) is 2.77. The standard InChI is InChI=1S/C13H17N5O2S/c1-8-4-5-11(20-3)10(6-8)15-12(19)7-21-13-17-16-9(2)18(13)14/h4-6H,7,14H2,1-3H3,(H,15,19). The number of nitrogen functional groups attached to an aromatic ring is 1. The van der Waals surface area contributed by atoms with E-state index in [1.807, 2.05) is 25.1 Å². The van der Waals surface area contributed by atoms with Crippen LogP contribution in [0.2, 0.25) is 0 Å². The summed E-state index contributed by atoms with van der Waals surface area (Å²) >= 11 is 1.22. The molecule has 1 aromatic carbocycles. The number of amides is 1. The molecule has 1 heterocycles. The maximum atomic E-state index is 12.0. The van der Waals surface area contributed by atoms with Crippen LogP contribution in [0.5, 0.6) is 5.75 Å². The minimum atomic E-state index is -0.162. The number of benzene rings is 1. The Balaban J connectivity index is 1.99. The molecule has 0 fully saturated rings. The maximum absolute atomic E-state index is 12.0. The molecule has 0 aliphatic carbocycles. The fourth-order valence-corrected chi connectivity index (χ4v) is 2.39. The summed E-state index contributed by atoms with van der Waals surface area (Å²) in [5.41, 5.74) is 1.68. The third kappa shape index (κ3) is 3.66. The van der Waals surface area contributed by atoms with E-state index < -0.39 is 0 Å². The summed E-state index contributed by atoms with van der Waals surface area (Å²) < 4.78 is 6.57. The molecule has 0 saturated heterocycles. The van der Waals surface area contributed by atoms with Crippen molar-refractivity contribution in [1.29, 1.82) is 0 Å². The molecule has 2 rings (SSSR count). The molecule has 0 aliphatic heterocycles. The van der Waals surface area contributed by atoms with Gasteiger partial charge in [0.15, 0.2) is 0 Å². The minimum Gasteiger partial charge on any atom is -0.495 e. The summed E-state index contributed by atoms with van der Waals surface area (Å²) in [5, 5.41) is 11.0. The molecule has 0 atom stereocenters. The van der Waals surface area contributed by atoms with E-state index in [1.54, 1.807) is 14.0 Å². The summed E-state index contributed by atoms with van der Waals surface area (Å²) in [5.74, 6) is 6.97. The predicted molar refractivity (Wildman–Crippen MR) is 82.0 cm³/mol. The van der Waals surface area contributed by atoms with Crippen LogP contribution in [0, 0.1) is 13.8 Å². The molecule has 7 nitrogen and oxygen atoms in total. The molecule has 21 heavy (non-hydrogen) atoms. The molecule has 0 radical (unpaired) electrons. The Kier molecular flexibility index (Phi) is 4.69. The summed E-state index contributed by atoms with van der Waals surface area (Å²) in [6, 6.07) is 5.60. The van der Waals surface area contributed by atoms with E-state index in [4.69, 9.17) is 10.6 Å². The van der Waals surface area contributed by atoms with E-state index >= 15 is 0 Å². The first kappa shape index (κ1) is 15.2. The molecule has 8 heteroatoms. The lowest BCUT2D eigenvalue weighted by Gasteiger charge is -2.10. The second kappa shape index (κ2) is 6.49. The van der Waals surface area contributed by atoms with Gasteiger partial charge in [0, 0.05) is 0 Å². The zero-order valence-electron chi connectivity index (χ0n) is 12.1. The zero-order chi connectivity index (χ0) is 15.4. The molecule has 3 N–H and O–H groups in total. The number of hydrogen-bond acceptors (Lipinski definition) is 6. The van der Waals surface area contributed by atoms with Crippen molar-refractivity contribution in [3.63, 3.8) is 0 Å².